The molecule has 242 valence electrons. The summed E-state index contributed by atoms with van der Waals surface area (Å²) in [7, 11) is 0. The van der Waals surface area contributed by atoms with Crippen molar-refractivity contribution in [1.82, 2.24) is 5.32 Å². The summed E-state index contributed by atoms with van der Waals surface area (Å²) < 4.78 is 33.1. The second-order valence-corrected chi connectivity index (χ2v) is 12.3. The molecule has 0 heterocycles. The summed E-state index contributed by atoms with van der Waals surface area (Å²) in [6.07, 6.45) is 7.78. The van der Waals surface area contributed by atoms with Crippen LogP contribution in [0.1, 0.15) is 98.5 Å². The van der Waals surface area contributed by atoms with E-state index in [0.29, 0.717) is 52.6 Å². The fourth-order valence-corrected chi connectivity index (χ4v) is 3.81. The third-order valence-corrected chi connectivity index (χ3v) is 5.79. The van der Waals surface area contributed by atoms with Crippen molar-refractivity contribution in [2.45, 2.75) is 111 Å². The molecule has 0 atom stereocenters. The lowest BCUT2D eigenvalue weighted by molar-refractivity contribution is -0.154. The van der Waals surface area contributed by atoms with Crippen LogP contribution in [0.2, 0.25) is 0 Å². The van der Waals surface area contributed by atoms with Crippen LogP contribution in [0.5, 0.6) is 5.75 Å². The molecular formula is C33H57NO8. The second kappa shape index (κ2) is 22.2. The maximum atomic E-state index is 11.7. The van der Waals surface area contributed by atoms with Crippen molar-refractivity contribution in [3.63, 3.8) is 0 Å². The van der Waals surface area contributed by atoms with Gasteiger partial charge >= 0.3 is 12.1 Å². The number of carbonyl (C=O) groups is 2. The van der Waals surface area contributed by atoms with Crippen molar-refractivity contribution in [1.29, 1.82) is 0 Å². The number of alkyl carbamates (subject to hydrolysis) is 1. The maximum Gasteiger partial charge on any atom is 0.407 e. The minimum atomic E-state index is -0.487. The lowest BCUT2D eigenvalue weighted by atomic mass is 10.1. The first-order chi connectivity index (χ1) is 19.9. The van der Waals surface area contributed by atoms with Crippen molar-refractivity contribution < 1.29 is 38.0 Å². The fourth-order valence-electron chi connectivity index (χ4n) is 3.81. The van der Waals surface area contributed by atoms with Crippen LogP contribution >= 0.6 is 0 Å². The van der Waals surface area contributed by atoms with Crippen LogP contribution in [-0.2, 0) is 34.9 Å². The summed E-state index contributed by atoms with van der Waals surface area (Å²) in [5.74, 6) is 0.732. The number of ether oxygens (including phenoxy) is 6. The first-order valence-electron chi connectivity index (χ1n) is 15.6. The number of benzene rings is 1. The zero-order valence-electron chi connectivity index (χ0n) is 27.1. The van der Waals surface area contributed by atoms with E-state index in [-0.39, 0.29) is 5.97 Å². The van der Waals surface area contributed by atoms with Gasteiger partial charge in [-0.3, -0.25) is 4.79 Å². The topological polar surface area (TPSA) is 102 Å². The Kier molecular flexibility index (Phi) is 19.9. The van der Waals surface area contributed by atoms with Crippen LogP contribution in [0.15, 0.2) is 24.3 Å². The highest BCUT2D eigenvalue weighted by atomic mass is 16.6. The summed E-state index contributed by atoms with van der Waals surface area (Å²) in [6.45, 7) is 16.2. The van der Waals surface area contributed by atoms with Crippen molar-refractivity contribution in [2.24, 2.45) is 0 Å². The Morgan fingerprint density at radius 3 is 1.67 bits per heavy atom. The SMILES string of the molecule is CC(C)(C)OC(=O)CCCCCOCCOCCOCCCCCCOc1ccc(CCNC(=O)OC(C)(C)C)cc1. The van der Waals surface area contributed by atoms with E-state index >= 15 is 0 Å². The molecule has 1 aromatic carbocycles. The van der Waals surface area contributed by atoms with Gasteiger partial charge in [-0.2, -0.15) is 0 Å². The minimum absolute atomic E-state index is 0.132. The van der Waals surface area contributed by atoms with Crippen LogP contribution in [0.4, 0.5) is 4.79 Å². The molecule has 0 aliphatic heterocycles. The Morgan fingerprint density at radius 2 is 1.12 bits per heavy atom. The summed E-state index contributed by atoms with van der Waals surface area (Å²) >= 11 is 0. The van der Waals surface area contributed by atoms with Gasteiger partial charge in [-0.1, -0.05) is 25.0 Å². The average molecular weight is 596 g/mol. The number of hydrogen-bond donors (Lipinski definition) is 1. The lowest BCUT2D eigenvalue weighted by Gasteiger charge is -2.19. The molecule has 0 aliphatic rings. The Balaban J connectivity index is 1.84. The van der Waals surface area contributed by atoms with Crippen molar-refractivity contribution in [3.05, 3.63) is 29.8 Å². The van der Waals surface area contributed by atoms with Crippen LogP contribution in [0, 0.1) is 0 Å². The molecule has 1 aromatic rings. The highest BCUT2D eigenvalue weighted by Crippen LogP contribution is 2.14. The molecule has 9 nitrogen and oxygen atoms in total. The Morgan fingerprint density at radius 1 is 0.619 bits per heavy atom. The maximum absolute atomic E-state index is 11.7. The number of unbranched alkanes of at least 4 members (excludes halogenated alkanes) is 5. The van der Waals surface area contributed by atoms with Crippen molar-refractivity contribution in [3.8, 4) is 5.75 Å². The smallest absolute Gasteiger partial charge is 0.407 e. The van der Waals surface area contributed by atoms with E-state index < -0.39 is 17.3 Å². The molecule has 1 amide bonds. The molecule has 0 saturated carbocycles. The van der Waals surface area contributed by atoms with Gasteiger partial charge in [0.1, 0.15) is 17.0 Å². The van der Waals surface area contributed by atoms with Crippen LogP contribution in [0.3, 0.4) is 0 Å². The zero-order valence-corrected chi connectivity index (χ0v) is 27.1. The minimum Gasteiger partial charge on any atom is -0.494 e. The molecule has 42 heavy (non-hydrogen) atoms. The average Bonchev–Trinajstić information content (AvgIpc) is 2.89. The molecule has 1 rings (SSSR count). The molecule has 0 fully saturated rings. The highest BCUT2D eigenvalue weighted by molar-refractivity contribution is 5.69. The van der Waals surface area contributed by atoms with Crippen LogP contribution in [-0.4, -0.2) is 76.1 Å². The number of esters is 1. The van der Waals surface area contributed by atoms with Gasteiger partial charge in [0.25, 0.3) is 0 Å². The lowest BCUT2D eigenvalue weighted by Crippen LogP contribution is -2.33. The summed E-state index contributed by atoms with van der Waals surface area (Å²) in [4.78, 5) is 23.3. The van der Waals surface area contributed by atoms with Gasteiger partial charge < -0.3 is 33.7 Å². The quantitative estimate of drug-likeness (QED) is 0.111. The molecule has 0 spiro atoms. The van der Waals surface area contributed by atoms with Crippen molar-refractivity contribution in [2.75, 3.05) is 52.8 Å². The Bertz CT molecular complexity index is 830. The standard InChI is InChI=1S/C33H57NO8/c1-32(2,3)41-30(35)14-10-9-12-22-38-25-27-39-26-24-37-21-11-7-8-13-23-40-29-17-15-28(16-18-29)19-20-34-31(36)42-33(4,5)6/h15-18H,7-14,19-27H2,1-6H3,(H,34,36). The number of nitrogens with one attached hydrogen (secondary N) is 1. The first-order valence-corrected chi connectivity index (χ1v) is 15.6. The predicted molar refractivity (Wildman–Crippen MR) is 165 cm³/mol. The molecule has 0 radical (unpaired) electrons. The van der Waals surface area contributed by atoms with Crippen molar-refractivity contribution >= 4 is 12.1 Å². The molecule has 0 unspecified atom stereocenters. The fraction of sp³-hybridized carbons (Fsp3) is 0.758. The van der Waals surface area contributed by atoms with Crippen LogP contribution in [0.25, 0.3) is 0 Å². The molecule has 0 saturated heterocycles. The van der Waals surface area contributed by atoms with Gasteiger partial charge in [0.2, 0.25) is 0 Å². The Hall–Kier alpha value is -2.36. The summed E-state index contributed by atoms with van der Waals surface area (Å²) in [5, 5.41) is 2.78. The van der Waals surface area contributed by atoms with Gasteiger partial charge in [0, 0.05) is 26.2 Å². The highest BCUT2D eigenvalue weighted by Gasteiger charge is 2.16. The molecular weight excluding hydrogens is 538 g/mol. The third kappa shape index (κ3) is 24.3. The van der Waals surface area contributed by atoms with E-state index in [0.717, 1.165) is 69.3 Å². The largest absolute Gasteiger partial charge is 0.494 e. The van der Waals surface area contributed by atoms with Gasteiger partial charge in [-0.05, 0) is 97.8 Å². The van der Waals surface area contributed by atoms with Gasteiger partial charge in [0.15, 0.2) is 0 Å². The zero-order chi connectivity index (χ0) is 31.1. The first kappa shape index (κ1) is 37.7. The molecule has 0 aromatic heterocycles. The number of amides is 1. The van der Waals surface area contributed by atoms with Gasteiger partial charge in [-0.25, -0.2) is 4.79 Å². The Labute approximate surface area is 254 Å². The van der Waals surface area contributed by atoms with E-state index in [4.69, 9.17) is 28.4 Å². The van der Waals surface area contributed by atoms with E-state index in [9.17, 15) is 9.59 Å². The predicted octanol–water partition coefficient (Wildman–Crippen LogP) is 6.64. The second-order valence-electron chi connectivity index (χ2n) is 12.3. The normalized spacial score (nSPS) is 11.8. The molecule has 0 aliphatic carbocycles. The van der Waals surface area contributed by atoms with Gasteiger partial charge in [-0.15, -0.1) is 0 Å². The molecule has 0 bridgehead atoms. The number of hydrogen-bond acceptors (Lipinski definition) is 8. The van der Waals surface area contributed by atoms with E-state index in [2.05, 4.69) is 5.32 Å². The van der Waals surface area contributed by atoms with E-state index in [1.54, 1.807) is 0 Å². The summed E-state index contributed by atoms with van der Waals surface area (Å²) in [5.41, 5.74) is 0.238. The van der Waals surface area contributed by atoms with Gasteiger partial charge in [0.05, 0.1) is 33.0 Å². The van der Waals surface area contributed by atoms with E-state index in [1.165, 1.54) is 0 Å². The number of rotatable bonds is 23. The summed E-state index contributed by atoms with van der Waals surface area (Å²) in [6, 6.07) is 8.00. The molecule has 1 N–H and O–H groups in total. The molecule has 9 heteroatoms. The van der Waals surface area contributed by atoms with Crippen LogP contribution < -0.4 is 10.1 Å². The number of carbonyl (C=O) groups excluding carboxylic acids is 2. The van der Waals surface area contributed by atoms with E-state index in [1.807, 2.05) is 65.8 Å². The monoisotopic (exact) mass is 595 g/mol. The third-order valence-electron chi connectivity index (χ3n) is 5.79.